The average Bonchev–Trinajstić information content (AvgIpc) is 2.81. The highest BCUT2D eigenvalue weighted by Gasteiger charge is 2.08. The predicted molar refractivity (Wildman–Crippen MR) is 63.5 cm³/mol. The predicted octanol–water partition coefficient (Wildman–Crippen LogP) is 2.05. The summed E-state index contributed by atoms with van der Waals surface area (Å²) in [6, 6.07) is 7.32. The van der Waals surface area contributed by atoms with Crippen LogP contribution >= 0.6 is 11.3 Å². The molecular formula is C11H7N3OS. The second-order valence-electron chi connectivity index (χ2n) is 3.27. The Labute approximate surface area is 94.6 Å². The molecule has 3 rings (SSSR count). The van der Waals surface area contributed by atoms with E-state index in [1.165, 1.54) is 11.3 Å². The zero-order valence-corrected chi connectivity index (χ0v) is 8.99. The Morgan fingerprint density at radius 2 is 2.19 bits per heavy atom. The van der Waals surface area contributed by atoms with Crippen LogP contribution in [0.15, 0.2) is 40.6 Å². The quantitative estimate of drug-likeness (QED) is 0.694. The first-order chi connectivity index (χ1) is 7.84. The fourth-order valence-corrected chi connectivity index (χ4v) is 2.21. The third kappa shape index (κ3) is 1.42. The summed E-state index contributed by atoms with van der Waals surface area (Å²) in [6.45, 7) is 0. The van der Waals surface area contributed by atoms with Crippen LogP contribution in [-0.2, 0) is 0 Å². The smallest absolute Gasteiger partial charge is 0.275 e. The number of hydrogen-bond acceptors (Lipinski definition) is 4. The minimum absolute atomic E-state index is 0.178. The monoisotopic (exact) mass is 229 g/mol. The van der Waals surface area contributed by atoms with Crippen molar-refractivity contribution in [3.05, 3.63) is 46.2 Å². The van der Waals surface area contributed by atoms with Crippen LogP contribution in [0, 0.1) is 0 Å². The molecule has 3 aromatic rings. The van der Waals surface area contributed by atoms with Crippen LogP contribution in [0.5, 0.6) is 0 Å². The van der Waals surface area contributed by atoms with Crippen LogP contribution in [0.3, 0.4) is 0 Å². The van der Waals surface area contributed by atoms with E-state index in [0.717, 1.165) is 4.88 Å². The van der Waals surface area contributed by atoms with Gasteiger partial charge in [0, 0.05) is 6.20 Å². The Morgan fingerprint density at radius 1 is 1.25 bits per heavy atom. The summed E-state index contributed by atoms with van der Waals surface area (Å²) in [7, 11) is 0. The molecule has 0 saturated carbocycles. The number of hydrogen-bond donors (Lipinski definition) is 1. The standard InChI is InChI=1S/C11H7N3OS/c15-11-9(8-4-2-6-16-8)14-10-7(13-11)3-1-5-12-10/h1-6H,(H,13,15). The third-order valence-electron chi connectivity index (χ3n) is 2.22. The molecule has 0 bridgehead atoms. The van der Waals surface area contributed by atoms with Crippen molar-refractivity contribution < 1.29 is 0 Å². The van der Waals surface area contributed by atoms with E-state index in [1.807, 2.05) is 17.5 Å². The van der Waals surface area contributed by atoms with E-state index in [1.54, 1.807) is 18.3 Å². The molecule has 4 nitrogen and oxygen atoms in total. The maximum Gasteiger partial charge on any atom is 0.275 e. The Hall–Kier alpha value is -2.01. The largest absolute Gasteiger partial charge is 0.317 e. The molecule has 0 saturated heterocycles. The SMILES string of the molecule is O=c1[nH]c2cccnc2nc1-c1cccs1. The van der Waals surface area contributed by atoms with Gasteiger partial charge in [-0.25, -0.2) is 9.97 Å². The van der Waals surface area contributed by atoms with Crippen molar-refractivity contribution in [2.45, 2.75) is 0 Å². The molecule has 0 aliphatic heterocycles. The van der Waals surface area contributed by atoms with E-state index in [4.69, 9.17) is 0 Å². The molecule has 3 aromatic heterocycles. The van der Waals surface area contributed by atoms with E-state index < -0.39 is 0 Å². The second kappa shape index (κ2) is 3.53. The van der Waals surface area contributed by atoms with Crippen LogP contribution in [0.25, 0.3) is 21.7 Å². The van der Waals surface area contributed by atoms with Gasteiger partial charge in [0.2, 0.25) is 0 Å². The lowest BCUT2D eigenvalue weighted by Crippen LogP contribution is -2.11. The fraction of sp³-hybridized carbons (Fsp3) is 0. The van der Waals surface area contributed by atoms with Gasteiger partial charge in [-0.1, -0.05) is 6.07 Å². The van der Waals surface area contributed by atoms with Crippen molar-refractivity contribution in [3.8, 4) is 10.6 Å². The van der Waals surface area contributed by atoms with Gasteiger partial charge in [0.1, 0.15) is 5.69 Å². The van der Waals surface area contributed by atoms with E-state index in [-0.39, 0.29) is 5.56 Å². The molecular weight excluding hydrogens is 222 g/mol. The number of aromatic nitrogens is 3. The van der Waals surface area contributed by atoms with Gasteiger partial charge in [0.15, 0.2) is 5.65 Å². The average molecular weight is 229 g/mol. The van der Waals surface area contributed by atoms with Gasteiger partial charge in [0.25, 0.3) is 5.56 Å². The second-order valence-corrected chi connectivity index (χ2v) is 4.21. The normalized spacial score (nSPS) is 10.8. The summed E-state index contributed by atoms with van der Waals surface area (Å²) < 4.78 is 0. The van der Waals surface area contributed by atoms with Crippen molar-refractivity contribution in [2.75, 3.05) is 0 Å². The van der Waals surface area contributed by atoms with Gasteiger partial charge in [-0.2, -0.15) is 0 Å². The lowest BCUT2D eigenvalue weighted by atomic mass is 10.3. The molecule has 0 aliphatic carbocycles. The maximum atomic E-state index is 11.8. The first-order valence-electron chi connectivity index (χ1n) is 4.73. The summed E-state index contributed by atoms with van der Waals surface area (Å²) in [5, 5.41) is 1.92. The topological polar surface area (TPSA) is 58.6 Å². The molecule has 5 heteroatoms. The zero-order valence-electron chi connectivity index (χ0n) is 8.18. The molecule has 78 valence electrons. The summed E-state index contributed by atoms with van der Waals surface area (Å²) in [4.78, 5) is 23.8. The molecule has 0 amide bonds. The van der Waals surface area contributed by atoms with Crippen LogP contribution in [0.4, 0.5) is 0 Å². The zero-order chi connectivity index (χ0) is 11.0. The van der Waals surface area contributed by atoms with Crippen molar-refractivity contribution in [3.63, 3.8) is 0 Å². The highest BCUT2D eigenvalue weighted by atomic mass is 32.1. The number of fused-ring (bicyclic) bond motifs is 1. The Bertz CT molecular complexity index is 688. The molecule has 0 aromatic carbocycles. The Morgan fingerprint density at radius 3 is 3.00 bits per heavy atom. The van der Waals surface area contributed by atoms with Gasteiger partial charge in [-0.05, 0) is 23.6 Å². The number of aromatic amines is 1. The summed E-state index contributed by atoms with van der Waals surface area (Å²) >= 11 is 1.49. The lowest BCUT2D eigenvalue weighted by Gasteiger charge is -1.98. The van der Waals surface area contributed by atoms with Gasteiger partial charge < -0.3 is 4.98 Å². The minimum Gasteiger partial charge on any atom is -0.317 e. The Balaban J connectivity index is 2.34. The van der Waals surface area contributed by atoms with Crippen LogP contribution < -0.4 is 5.56 Å². The van der Waals surface area contributed by atoms with Crippen LogP contribution in [-0.4, -0.2) is 15.0 Å². The molecule has 0 radical (unpaired) electrons. The van der Waals surface area contributed by atoms with Gasteiger partial charge in [-0.15, -0.1) is 11.3 Å². The highest BCUT2D eigenvalue weighted by Crippen LogP contribution is 2.20. The van der Waals surface area contributed by atoms with Crippen LogP contribution in [0.1, 0.15) is 0 Å². The first kappa shape index (κ1) is 9.23. The molecule has 1 N–H and O–H groups in total. The number of nitrogens with zero attached hydrogens (tertiary/aromatic N) is 2. The molecule has 16 heavy (non-hydrogen) atoms. The molecule has 0 fully saturated rings. The number of pyridine rings is 1. The van der Waals surface area contributed by atoms with E-state index in [0.29, 0.717) is 16.9 Å². The number of thiophene rings is 1. The summed E-state index contributed by atoms with van der Waals surface area (Å²) in [5.74, 6) is 0. The fourth-order valence-electron chi connectivity index (χ4n) is 1.50. The summed E-state index contributed by atoms with van der Waals surface area (Å²) in [6.07, 6.45) is 1.66. The van der Waals surface area contributed by atoms with E-state index in [2.05, 4.69) is 15.0 Å². The third-order valence-corrected chi connectivity index (χ3v) is 3.10. The molecule has 3 heterocycles. The highest BCUT2D eigenvalue weighted by molar-refractivity contribution is 7.13. The maximum absolute atomic E-state index is 11.8. The molecule has 0 spiro atoms. The lowest BCUT2D eigenvalue weighted by molar-refractivity contribution is 1.18. The van der Waals surface area contributed by atoms with Crippen molar-refractivity contribution >= 4 is 22.5 Å². The van der Waals surface area contributed by atoms with Crippen LogP contribution in [0.2, 0.25) is 0 Å². The number of nitrogens with one attached hydrogen (secondary N) is 1. The minimum atomic E-state index is -0.178. The molecule has 0 unspecified atom stereocenters. The van der Waals surface area contributed by atoms with Crippen molar-refractivity contribution in [2.24, 2.45) is 0 Å². The number of rotatable bonds is 1. The molecule has 0 aliphatic rings. The van der Waals surface area contributed by atoms with E-state index >= 15 is 0 Å². The number of H-pyrrole nitrogens is 1. The summed E-state index contributed by atoms with van der Waals surface area (Å²) in [5.41, 5.74) is 1.47. The molecule has 0 atom stereocenters. The van der Waals surface area contributed by atoms with Gasteiger partial charge >= 0.3 is 0 Å². The Kier molecular flexibility index (Phi) is 2.04. The van der Waals surface area contributed by atoms with Crippen molar-refractivity contribution in [1.29, 1.82) is 0 Å². The van der Waals surface area contributed by atoms with Gasteiger partial charge in [-0.3, -0.25) is 4.79 Å². The van der Waals surface area contributed by atoms with Gasteiger partial charge in [0.05, 0.1) is 10.4 Å². The van der Waals surface area contributed by atoms with E-state index in [9.17, 15) is 4.79 Å². The van der Waals surface area contributed by atoms with Crippen molar-refractivity contribution in [1.82, 2.24) is 15.0 Å². The first-order valence-corrected chi connectivity index (χ1v) is 5.61.